The third-order valence-corrected chi connectivity index (χ3v) is 8.49. The van der Waals surface area contributed by atoms with E-state index in [4.69, 9.17) is 9.47 Å². The average molecular weight is 498 g/mol. The number of amides is 1. The van der Waals surface area contributed by atoms with Crippen LogP contribution in [0, 0.1) is 5.41 Å². The maximum atomic E-state index is 13.8. The Kier molecular flexibility index (Phi) is 6.69. The minimum atomic E-state index is -4.51. The summed E-state index contributed by atoms with van der Waals surface area (Å²) in [6.45, 7) is 4.36. The van der Waals surface area contributed by atoms with Crippen LogP contribution in [0.25, 0.3) is 0 Å². The molecule has 4 heterocycles. The summed E-state index contributed by atoms with van der Waals surface area (Å²) < 4.78 is 50.4. The highest BCUT2D eigenvalue weighted by molar-refractivity contribution is 5.84. The number of anilines is 1. The molecule has 8 nitrogen and oxygen atoms in total. The maximum absolute atomic E-state index is 13.8. The summed E-state index contributed by atoms with van der Waals surface area (Å²) in [7, 11) is 1.71. The number of methoxy groups -OCH3 is 1. The molecule has 2 bridgehead atoms. The molecule has 1 aromatic heterocycles. The number of likely N-dealkylation sites (tertiary alicyclic amines) is 1. The molecule has 1 aromatic rings. The summed E-state index contributed by atoms with van der Waals surface area (Å²) in [5, 5.41) is 3.74. The van der Waals surface area contributed by atoms with Gasteiger partial charge in [-0.15, -0.1) is 0 Å². The third-order valence-electron chi connectivity index (χ3n) is 8.49. The number of piperazine rings is 1. The fourth-order valence-corrected chi connectivity index (χ4v) is 6.48. The number of nitrogens with one attached hydrogen (secondary N) is 1. The Balaban J connectivity index is 1.23. The first-order valence-electron chi connectivity index (χ1n) is 12.6. The highest BCUT2D eigenvalue weighted by Gasteiger charge is 2.53. The number of nitrogens with zero attached hydrogens (tertiary/aromatic N) is 4. The number of hydrogen-bond acceptors (Lipinski definition) is 7. The number of halogens is 3. The van der Waals surface area contributed by atoms with E-state index in [1.165, 1.54) is 0 Å². The van der Waals surface area contributed by atoms with Gasteiger partial charge < -0.3 is 24.6 Å². The summed E-state index contributed by atoms with van der Waals surface area (Å²) in [5.74, 6) is 0.288. The first-order chi connectivity index (χ1) is 16.7. The van der Waals surface area contributed by atoms with Crippen LogP contribution >= 0.6 is 0 Å². The van der Waals surface area contributed by atoms with Gasteiger partial charge >= 0.3 is 6.18 Å². The van der Waals surface area contributed by atoms with E-state index in [1.54, 1.807) is 7.11 Å². The predicted molar refractivity (Wildman–Crippen MR) is 122 cm³/mol. The Morgan fingerprint density at radius 3 is 2.83 bits per heavy atom. The van der Waals surface area contributed by atoms with Crippen molar-refractivity contribution < 1.29 is 27.4 Å². The van der Waals surface area contributed by atoms with E-state index in [1.807, 2.05) is 9.80 Å². The lowest BCUT2D eigenvalue weighted by Crippen LogP contribution is -2.54. The zero-order valence-corrected chi connectivity index (χ0v) is 20.3. The topological polar surface area (TPSA) is 79.8 Å². The van der Waals surface area contributed by atoms with E-state index >= 15 is 0 Å². The average Bonchev–Trinajstić information content (AvgIpc) is 3.58. The Bertz CT molecular complexity index is 934. The van der Waals surface area contributed by atoms with Gasteiger partial charge in [-0.1, -0.05) is 6.92 Å². The van der Waals surface area contributed by atoms with Crippen LogP contribution in [0.2, 0.25) is 0 Å². The number of hydrogen-bond donors (Lipinski definition) is 1. The van der Waals surface area contributed by atoms with Crippen molar-refractivity contribution in [2.45, 2.75) is 81.9 Å². The van der Waals surface area contributed by atoms with Crippen LogP contribution in [0.5, 0.6) is 0 Å². The van der Waals surface area contributed by atoms with E-state index in [2.05, 4.69) is 22.2 Å². The molecule has 1 aliphatic carbocycles. The normalized spacial score (nSPS) is 35.2. The van der Waals surface area contributed by atoms with Crippen LogP contribution in [-0.2, 0) is 20.4 Å². The highest BCUT2D eigenvalue weighted by atomic mass is 19.4. The molecule has 3 saturated heterocycles. The van der Waals surface area contributed by atoms with Crippen LogP contribution in [0.3, 0.4) is 0 Å². The summed E-state index contributed by atoms with van der Waals surface area (Å²) in [6, 6.07) is 1.30. The van der Waals surface area contributed by atoms with E-state index in [-0.39, 0.29) is 42.1 Å². The van der Waals surface area contributed by atoms with Gasteiger partial charge in [0.05, 0.1) is 30.2 Å². The molecule has 11 heteroatoms. The van der Waals surface area contributed by atoms with Gasteiger partial charge in [0.2, 0.25) is 11.9 Å². The van der Waals surface area contributed by atoms with Gasteiger partial charge in [0.15, 0.2) is 0 Å². The van der Waals surface area contributed by atoms with E-state index in [9.17, 15) is 18.0 Å². The highest BCUT2D eigenvalue weighted by Crippen LogP contribution is 2.46. The molecule has 0 aromatic carbocycles. The van der Waals surface area contributed by atoms with Crippen molar-refractivity contribution in [3.8, 4) is 0 Å². The maximum Gasteiger partial charge on any atom is 0.433 e. The molecular formula is C24H34F3N5O3. The van der Waals surface area contributed by atoms with Crippen molar-refractivity contribution in [2.75, 3.05) is 38.3 Å². The summed E-state index contributed by atoms with van der Waals surface area (Å²) in [5.41, 5.74) is -1.33. The number of rotatable bonds is 6. The second kappa shape index (κ2) is 9.48. The molecule has 194 valence electrons. The SMILES string of the molecule is CC[C@]1(C(=O)N2C[C@@H]3C[C@H]2CN3c2nccc(C(F)(F)F)n2)CC[C@@H](N[C@H]2CCOC[C@H]2OC)C1. The quantitative estimate of drug-likeness (QED) is 0.647. The number of carbonyl (C=O) groups is 1. The van der Waals surface area contributed by atoms with Crippen LogP contribution < -0.4 is 10.2 Å². The van der Waals surface area contributed by atoms with Crippen molar-refractivity contribution in [1.82, 2.24) is 20.2 Å². The summed E-state index contributed by atoms with van der Waals surface area (Å²) in [4.78, 5) is 25.5. The number of aromatic nitrogens is 2. The molecule has 0 unspecified atom stereocenters. The third kappa shape index (κ3) is 4.62. The van der Waals surface area contributed by atoms with Crippen LogP contribution in [0.4, 0.5) is 19.1 Å². The number of alkyl halides is 3. The minimum Gasteiger partial charge on any atom is -0.379 e. The van der Waals surface area contributed by atoms with E-state index < -0.39 is 17.3 Å². The molecule has 3 aliphatic heterocycles. The van der Waals surface area contributed by atoms with Crippen LogP contribution in [-0.4, -0.2) is 84.5 Å². The van der Waals surface area contributed by atoms with Gasteiger partial charge in [-0.2, -0.15) is 13.2 Å². The van der Waals surface area contributed by atoms with E-state index in [0.717, 1.165) is 50.8 Å². The summed E-state index contributed by atoms with van der Waals surface area (Å²) in [6.07, 6.45) is 1.67. The zero-order valence-electron chi connectivity index (χ0n) is 20.3. The smallest absolute Gasteiger partial charge is 0.379 e. The lowest BCUT2D eigenvalue weighted by atomic mass is 9.81. The second-order valence-corrected chi connectivity index (χ2v) is 10.4. The largest absolute Gasteiger partial charge is 0.433 e. The van der Waals surface area contributed by atoms with Gasteiger partial charge in [0.1, 0.15) is 5.69 Å². The number of ether oxygens (including phenoxy) is 2. The Hall–Kier alpha value is -1.98. The molecule has 4 aliphatic rings. The first kappa shape index (κ1) is 24.7. The fourth-order valence-electron chi connectivity index (χ4n) is 6.48. The predicted octanol–water partition coefficient (Wildman–Crippen LogP) is 2.63. The zero-order chi connectivity index (χ0) is 24.8. The molecule has 4 fully saturated rings. The van der Waals surface area contributed by atoms with Crippen LogP contribution in [0.1, 0.15) is 51.1 Å². The molecule has 0 spiro atoms. The molecule has 35 heavy (non-hydrogen) atoms. The molecule has 1 saturated carbocycles. The monoisotopic (exact) mass is 497 g/mol. The van der Waals surface area contributed by atoms with Gasteiger partial charge in [0, 0.05) is 45.1 Å². The van der Waals surface area contributed by atoms with Crippen LogP contribution in [0.15, 0.2) is 12.3 Å². The fraction of sp³-hybridized carbons (Fsp3) is 0.792. The lowest BCUT2D eigenvalue weighted by Gasteiger charge is -2.39. The number of fused-ring (bicyclic) bond motifs is 2. The second-order valence-electron chi connectivity index (χ2n) is 10.4. The Morgan fingerprint density at radius 2 is 2.14 bits per heavy atom. The van der Waals surface area contributed by atoms with Crippen molar-refractivity contribution >= 4 is 11.9 Å². The molecule has 5 rings (SSSR count). The standard InChI is InChI=1S/C24H34F3N5O3/c1-3-23(7-4-15(11-23)29-18-6-9-35-14-19(18)34-2)21(33)31-12-17-10-16(31)13-32(17)22-28-8-5-20(30-22)24(25,26)27/h5,8,15-19,29H,3-4,6-7,9-14H2,1-2H3/t15-,16+,17+,18+,19-,23+/m1/s1. The van der Waals surface area contributed by atoms with Crippen molar-refractivity contribution in [3.63, 3.8) is 0 Å². The van der Waals surface area contributed by atoms with Crippen molar-refractivity contribution in [1.29, 1.82) is 0 Å². The summed E-state index contributed by atoms with van der Waals surface area (Å²) >= 11 is 0. The Morgan fingerprint density at radius 1 is 1.31 bits per heavy atom. The van der Waals surface area contributed by atoms with Gasteiger partial charge in [0.25, 0.3) is 0 Å². The molecule has 6 atom stereocenters. The molecule has 0 radical (unpaired) electrons. The van der Waals surface area contributed by atoms with Gasteiger partial charge in [-0.3, -0.25) is 4.79 Å². The van der Waals surface area contributed by atoms with Gasteiger partial charge in [-0.05, 0) is 44.6 Å². The first-order valence-corrected chi connectivity index (χ1v) is 12.6. The van der Waals surface area contributed by atoms with Crippen molar-refractivity contribution in [2.24, 2.45) is 5.41 Å². The molecule has 1 amide bonds. The molecular weight excluding hydrogens is 463 g/mol. The Labute approximate surface area is 203 Å². The van der Waals surface area contributed by atoms with Crippen molar-refractivity contribution in [3.05, 3.63) is 18.0 Å². The lowest BCUT2D eigenvalue weighted by molar-refractivity contribution is -0.143. The molecule has 1 N–H and O–H groups in total. The van der Waals surface area contributed by atoms with E-state index in [0.29, 0.717) is 26.3 Å². The number of carbonyl (C=O) groups excluding carboxylic acids is 1. The minimum absolute atomic E-state index is 0.0190. The van der Waals surface area contributed by atoms with Gasteiger partial charge in [-0.25, -0.2) is 9.97 Å².